The highest BCUT2D eigenvalue weighted by Gasteiger charge is 2.32. The van der Waals surface area contributed by atoms with Gasteiger partial charge in [0.25, 0.3) is 0 Å². The second kappa shape index (κ2) is 21.4. The molecule has 94 heavy (non-hydrogen) atoms. The molecule has 0 atom stereocenters. The van der Waals surface area contributed by atoms with Crippen LogP contribution < -0.4 is 0 Å². The van der Waals surface area contributed by atoms with Gasteiger partial charge in [-0.25, -0.2) is 0 Å². The van der Waals surface area contributed by atoms with Gasteiger partial charge in [-0.2, -0.15) is 5.26 Å². The zero-order chi connectivity index (χ0) is 62.9. The van der Waals surface area contributed by atoms with Gasteiger partial charge in [-0.05, 0) is 200 Å². The minimum Gasteiger partial charge on any atom is -0.309 e. The molecule has 0 amide bonds. The molecule has 0 radical (unpaired) electrons. The van der Waals surface area contributed by atoms with Crippen LogP contribution in [-0.4, -0.2) is 23.3 Å². The zero-order valence-electron chi connectivity index (χ0n) is 52.4. The Morgan fingerprint density at radius 2 is 0.596 bits per heavy atom. The molecule has 0 aliphatic heterocycles. The smallest absolute Gasteiger partial charge is 0.100 e. The first-order valence-corrected chi connectivity index (χ1v) is 32.2. The fraction of sp³-hybridized carbons (Fsp3) is 0.0455. The third-order valence-corrected chi connectivity index (χ3v) is 19.5. The van der Waals surface area contributed by atoms with Crippen LogP contribution in [0.15, 0.2) is 291 Å². The highest BCUT2D eigenvalue weighted by atomic mass is 15.0. The molecule has 442 valence electrons. The van der Waals surface area contributed by atoms with E-state index in [4.69, 9.17) is 0 Å². The second-order valence-corrected chi connectivity index (χ2v) is 25.2. The highest BCUT2D eigenvalue weighted by Crippen LogP contribution is 2.56. The summed E-state index contributed by atoms with van der Waals surface area (Å²) in [5.41, 5.74) is 28.0. The average Bonchev–Trinajstić information content (AvgIpc) is 1.21. The number of nitriles is 1. The lowest BCUT2D eigenvalue weighted by atomic mass is 9.75. The molecule has 0 saturated carbocycles. The van der Waals surface area contributed by atoms with Crippen LogP contribution in [0.2, 0.25) is 0 Å². The molecular weight excluding hydrogens is 1140 g/mol. The molecule has 6 heteroatoms. The lowest BCUT2D eigenvalue weighted by Gasteiger charge is -2.27. The molecule has 0 unspecified atom stereocenters. The monoisotopic (exact) mass is 1200 g/mol. The summed E-state index contributed by atoms with van der Waals surface area (Å²) in [4.78, 5) is 4.66. The number of nitrogens with zero attached hydrogens (tertiary/aromatic N) is 6. The van der Waals surface area contributed by atoms with E-state index in [2.05, 4.69) is 336 Å². The van der Waals surface area contributed by atoms with Crippen LogP contribution in [0.1, 0.15) is 27.8 Å². The van der Waals surface area contributed by atoms with Crippen LogP contribution >= 0.6 is 0 Å². The van der Waals surface area contributed by atoms with Crippen LogP contribution in [0.25, 0.3) is 166 Å². The van der Waals surface area contributed by atoms with Crippen molar-refractivity contribution in [1.29, 1.82) is 5.26 Å². The number of hydrogen-bond donors (Lipinski definition) is 0. The molecule has 6 nitrogen and oxygen atoms in total. The van der Waals surface area contributed by atoms with Crippen molar-refractivity contribution in [2.45, 2.75) is 27.7 Å². The first-order chi connectivity index (χ1) is 46.3. The number of aromatic nitrogens is 5. The quantitative estimate of drug-likeness (QED) is 0.145. The van der Waals surface area contributed by atoms with Gasteiger partial charge in [-0.1, -0.05) is 168 Å². The van der Waals surface area contributed by atoms with Gasteiger partial charge in [-0.3, -0.25) is 4.98 Å². The van der Waals surface area contributed by atoms with Crippen molar-refractivity contribution in [3.8, 4) is 84.5 Å². The Kier molecular flexibility index (Phi) is 12.4. The van der Waals surface area contributed by atoms with E-state index in [9.17, 15) is 5.26 Å². The Balaban J connectivity index is 1.03. The van der Waals surface area contributed by atoms with Gasteiger partial charge in [0.15, 0.2) is 0 Å². The third-order valence-electron chi connectivity index (χ3n) is 19.5. The minimum atomic E-state index is 0.567. The van der Waals surface area contributed by atoms with E-state index in [-0.39, 0.29) is 0 Å². The largest absolute Gasteiger partial charge is 0.309 e. The molecule has 13 aromatic carbocycles. The Labute approximate surface area is 544 Å². The van der Waals surface area contributed by atoms with E-state index in [1.165, 1.54) is 43.8 Å². The van der Waals surface area contributed by atoms with Gasteiger partial charge in [-0.15, -0.1) is 0 Å². The van der Waals surface area contributed by atoms with Crippen LogP contribution in [0.4, 0.5) is 0 Å². The van der Waals surface area contributed by atoms with E-state index in [1.54, 1.807) is 0 Å². The normalized spacial score (nSPS) is 11.8. The van der Waals surface area contributed by atoms with Gasteiger partial charge < -0.3 is 18.3 Å². The molecule has 0 aliphatic carbocycles. The fourth-order valence-electron chi connectivity index (χ4n) is 15.6. The number of aryl methyl sites for hydroxylation is 4. The van der Waals surface area contributed by atoms with E-state index in [0.29, 0.717) is 5.56 Å². The summed E-state index contributed by atoms with van der Waals surface area (Å²) in [5.74, 6) is 0. The van der Waals surface area contributed by atoms with Crippen molar-refractivity contribution in [1.82, 2.24) is 23.3 Å². The topological polar surface area (TPSA) is 56.4 Å². The molecule has 0 fully saturated rings. The van der Waals surface area contributed by atoms with Gasteiger partial charge in [0, 0.05) is 94.9 Å². The molecule has 0 N–H and O–H groups in total. The van der Waals surface area contributed by atoms with Crippen molar-refractivity contribution in [3.63, 3.8) is 0 Å². The number of benzene rings is 13. The van der Waals surface area contributed by atoms with Crippen molar-refractivity contribution in [3.05, 3.63) is 319 Å². The second-order valence-electron chi connectivity index (χ2n) is 25.2. The molecule has 0 saturated heterocycles. The maximum atomic E-state index is 12.8. The Hall–Kier alpha value is -12.3. The molecule has 18 rings (SSSR count). The predicted molar refractivity (Wildman–Crippen MR) is 392 cm³/mol. The number of pyridine rings is 1. The fourth-order valence-corrected chi connectivity index (χ4v) is 15.6. The third kappa shape index (κ3) is 8.31. The summed E-state index contributed by atoms with van der Waals surface area (Å²) in [6.45, 7) is 8.70. The summed E-state index contributed by atoms with van der Waals surface area (Å²) in [6, 6.07) is 105. The van der Waals surface area contributed by atoms with Crippen LogP contribution in [0.3, 0.4) is 0 Å². The van der Waals surface area contributed by atoms with Gasteiger partial charge in [0.2, 0.25) is 0 Å². The summed E-state index contributed by atoms with van der Waals surface area (Å²) in [5, 5.41) is 22.1. The van der Waals surface area contributed by atoms with Gasteiger partial charge >= 0.3 is 0 Å². The number of para-hydroxylation sites is 4. The first kappa shape index (κ1) is 54.6. The first-order valence-electron chi connectivity index (χ1n) is 32.2. The van der Waals surface area contributed by atoms with Gasteiger partial charge in [0.05, 0.1) is 49.7 Å². The highest BCUT2D eigenvalue weighted by molar-refractivity contribution is 6.24. The van der Waals surface area contributed by atoms with Crippen molar-refractivity contribution in [2.75, 3.05) is 0 Å². The number of fused-ring (bicyclic) bond motifs is 12. The van der Waals surface area contributed by atoms with Crippen molar-refractivity contribution < 1.29 is 0 Å². The molecule has 5 aromatic heterocycles. The lowest BCUT2D eigenvalue weighted by molar-refractivity contribution is 1.18. The van der Waals surface area contributed by atoms with E-state index >= 15 is 0 Å². The maximum absolute atomic E-state index is 12.8. The standard InChI is InChI=1S/C88H60N6/c1-54-29-41-76-69(49-54)70-50-55(2)30-42-77(70)91(76)63-37-33-58(34-38-63)83-84(59-35-39-64(40-36-59)92-78-43-31-56(3)51-71(78)72-52-57(4)32-44-79(72)92)88(68-24-16-28-81-86(68)66-22-12-14-26-75(66)94(81)62-19-9-6-10-20-62)82(60-45-47-90-48-46-60)73(53-89)87(83)67-23-15-27-80-85(67)65-21-11-13-25-74(65)93(80)61-17-7-5-8-18-61/h5-52H,1-4H3. The zero-order valence-corrected chi connectivity index (χ0v) is 52.4. The molecule has 18 aromatic rings. The summed E-state index contributed by atoms with van der Waals surface area (Å²) in [6.07, 6.45) is 3.73. The van der Waals surface area contributed by atoms with Gasteiger partial charge in [0.1, 0.15) is 6.07 Å². The minimum absolute atomic E-state index is 0.567. The molecule has 0 spiro atoms. The van der Waals surface area contributed by atoms with Crippen LogP contribution in [0, 0.1) is 39.0 Å². The summed E-state index contributed by atoms with van der Waals surface area (Å²) in [7, 11) is 0. The molecule has 0 aliphatic rings. The Morgan fingerprint density at radius 1 is 0.266 bits per heavy atom. The van der Waals surface area contributed by atoms with Crippen LogP contribution in [-0.2, 0) is 0 Å². The van der Waals surface area contributed by atoms with Crippen molar-refractivity contribution >= 4 is 87.2 Å². The van der Waals surface area contributed by atoms with E-state index in [1.807, 2.05) is 12.4 Å². The van der Waals surface area contributed by atoms with Crippen LogP contribution in [0.5, 0.6) is 0 Å². The van der Waals surface area contributed by atoms with E-state index in [0.717, 1.165) is 144 Å². The number of rotatable bonds is 9. The van der Waals surface area contributed by atoms with Crippen molar-refractivity contribution in [2.24, 2.45) is 0 Å². The number of hydrogen-bond acceptors (Lipinski definition) is 2. The molecule has 0 bridgehead atoms. The molecule has 5 heterocycles. The summed E-state index contributed by atoms with van der Waals surface area (Å²) >= 11 is 0. The SMILES string of the molecule is Cc1ccc2c(c1)c1cc(C)ccc1n2-c1ccc(-c2c(-c3cccc4c3c3ccccc3n4-c3ccccc3)c(C#N)c(-c3ccncc3)c(-c3cccc4c3c3ccccc3n4-c3ccccc3)c2-c2ccc(-n3c4ccc(C)cc4c4cc(C)ccc43)cc2)cc1. The Bertz CT molecular complexity index is 6050. The predicted octanol–water partition coefficient (Wildman–Crippen LogP) is 22.9. The van der Waals surface area contributed by atoms with E-state index < -0.39 is 0 Å². The Morgan fingerprint density at radius 3 is 1.01 bits per heavy atom. The summed E-state index contributed by atoms with van der Waals surface area (Å²) < 4.78 is 9.59. The molecular formula is C88H60N6. The average molecular weight is 1200 g/mol. The maximum Gasteiger partial charge on any atom is 0.100 e. The lowest BCUT2D eigenvalue weighted by Crippen LogP contribution is -2.04.